The average Bonchev–Trinajstić information content (AvgIpc) is 1.97. The molecule has 0 spiro atoms. The number of hydrogen-bond acceptors (Lipinski definition) is 1. The van der Waals surface area contributed by atoms with Gasteiger partial charge in [0.25, 0.3) is 0 Å². The molecule has 3 heteroatoms. The lowest BCUT2D eigenvalue weighted by molar-refractivity contribution is -0.149. The van der Waals surface area contributed by atoms with Gasteiger partial charge in [-0.25, -0.2) is 4.39 Å². The van der Waals surface area contributed by atoms with Crippen LogP contribution in [0.4, 0.5) is 4.39 Å². The molecular weight excluding hydrogens is 169 g/mol. The van der Waals surface area contributed by atoms with Crippen LogP contribution in [0.25, 0.3) is 0 Å². The lowest BCUT2D eigenvalue weighted by atomic mass is 9.92. The monoisotopic (exact) mass is 187 g/mol. The van der Waals surface area contributed by atoms with Crippen molar-refractivity contribution in [2.24, 2.45) is 11.8 Å². The van der Waals surface area contributed by atoms with Crippen LogP contribution in [0.5, 0.6) is 0 Å². The van der Waals surface area contributed by atoms with Crippen LogP contribution in [-0.2, 0) is 4.79 Å². The second-order valence-electron chi connectivity index (χ2n) is 4.64. The third-order valence-electron chi connectivity index (χ3n) is 2.74. The Morgan fingerprint density at radius 3 is 2.15 bits per heavy atom. The number of likely N-dealkylation sites (tertiary alicyclic amines) is 1. The highest BCUT2D eigenvalue weighted by Gasteiger charge is 2.42. The smallest absolute Gasteiger partial charge is 0.225 e. The van der Waals surface area contributed by atoms with Crippen LogP contribution in [0.15, 0.2) is 0 Å². The molecule has 1 heterocycles. The Bertz CT molecular complexity index is 205. The molecule has 0 aromatic heterocycles. The standard InChI is InChI=1S/C10H18FNO/c1-7(2)8(3)9(13)12-5-10(4,11)6-12/h7-8H,5-6H2,1-4H3. The summed E-state index contributed by atoms with van der Waals surface area (Å²) >= 11 is 0. The van der Waals surface area contributed by atoms with E-state index in [1.54, 1.807) is 4.90 Å². The lowest BCUT2D eigenvalue weighted by Crippen LogP contribution is -2.60. The lowest BCUT2D eigenvalue weighted by Gasteiger charge is -2.43. The Hall–Kier alpha value is -0.600. The van der Waals surface area contributed by atoms with Crippen molar-refractivity contribution in [1.29, 1.82) is 0 Å². The van der Waals surface area contributed by atoms with E-state index in [0.29, 0.717) is 5.92 Å². The molecule has 1 amide bonds. The molecule has 1 fully saturated rings. The van der Waals surface area contributed by atoms with Gasteiger partial charge in [0.05, 0.1) is 13.1 Å². The van der Waals surface area contributed by atoms with Crippen LogP contribution < -0.4 is 0 Å². The van der Waals surface area contributed by atoms with Crippen LogP contribution in [0.2, 0.25) is 0 Å². The Balaban J connectivity index is 2.43. The van der Waals surface area contributed by atoms with Gasteiger partial charge in [-0.05, 0) is 12.8 Å². The molecule has 76 valence electrons. The molecule has 0 aliphatic carbocycles. The molecule has 1 unspecified atom stereocenters. The minimum atomic E-state index is -1.15. The number of halogens is 1. The van der Waals surface area contributed by atoms with Gasteiger partial charge >= 0.3 is 0 Å². The fraction of sp³-hybridized carbons (Fsp3) is 0.900. The van der Waals surface area contributed by atoms with Gasteiger partial charge in [0, 0.05) is 5.92 Å². The van der Waals surface area contributed by atoms with Gasteiger partial charge in [0.15, 0.2) is 0 Å². The van der Waals surface area contributed by atoms with Gasteiger partial charge in [-0.1, -0.05) is 20.8 Å². The summed E-state index contributed by atoms with van der Waals surface area (Å²) in [4.78, 5) is 13.2. The largest absolute Gasteiger partial charge is 0.336 e. The normalized spacial score (nSPS) is 22.8. The number of carbonyl (C=O) groups is 1. The van der Waals surface area contributed by atoms with E-state index < -0.39 is 5.67 Å². The first-order valence-corrected chi connectivity index (χ1v) is 4.81. The molecule has 0 aromatic carbocycles. The van der Waals surface area contributed by atoms with Crippen LogP contribution in [0.3, 0.4) is 0 Å². The number of alkyl halides is 1. The topological polar surface area (TPSA) is 20.3 Å². The van der Waals surface area contributed by atoms with Crippen LogP contribution in [0.1, 0.15) is 27.7 Å². The summed E-state index contributed by atoms with van der Waals surface area (Å²) in [5, 5.41) is 0. The SMILES string of the molecule is CC(C)C(C)C(=O)N1CC(C)(F)C1. The summed E-state index contributed by atoms with van der Waals surface area (Å²) in [6, 6.07) is 0. The molecule has 1 aliphatic heterocycles. The van der Waals surface area contributed by atoms with Crippen molar-refractivity contribution in [1.82, 2.24) is 4.90 Å². The van der Waals surface area contributed by atoms with E-state index in [1.165, 1.54) is 6.92 Å². The van der Waals surface area contributed by atoms with E-state index in [2.05, 4.69) is 0 Å². The summed E-state index contributed by atoms with van der Waals surface area (Å²) in [5.41, 5.74) is -1.15. The summed E-state index contributed by atoms with van der Waals surface area (Å²) in [5.74, 6) is 0.431. The van der Waals surface area contributed by atoms with Crippen LogP contribution in [0, 0.1) is 11.8 Å². The molecule has 1 atom stereocenters. The first-order valence-electron chi connectivity index (χ1n) is 4.81. The third kappa shape index (κ3) is 2.20. The first kappa shape index (κ1) is 10.5. The first-order chi connectivity index (χ1) is 5.83. The Morgan fingerprint density at radius 1 is 1.38 bits per heavy atom. The summed E-state index contributed by atoms with van der Waals surface area (Å²) < 4.78 is 13.1. The van der Waals surface area contributed by atoms with Gasteiger partial charge < -0.3 is 4.90 Å². The molecule has 0 radical (unpaired) electrons. The highest BCUT2D eigenvalue weighted by atomic mass is 19.1. The van der Waals surface area contributed by atoms with Crippen molar-refractivity contribution in [3.63, 3.8) is 0 Å². The molecule has 1 rings (SSSR count). The maximum atomic E-state index is 13.1. The van der Waals surface area contributed by atoms with E-state index in [-0.39, 0.29) is 24.9 Å². The Morgan fingerprint density at radius 2 is 1.85 bits per heavy atom. The van der Waals surface area contributed by atoms with Crippen molar-refractivity contribution in [3.8, 4) is 0 Å². The second kappa shape index (κ2) is 3.28. The van der Waals surface area contributed by atoms with Crippen molar-refractivity contribution in [2.75, 3.05) is 13.1 Å². The van der Waals surface area contributed by atoms with Crippen molar-refractivity contribution in [3.05, 3.63) is 0 Å². The van der Waals surface area contributed by atoms with Gasteiger partial charge in [0.1, 0.15) is 5.67 Å². The molecular formula is C10H18FNO. The predicted octanol–water partition coefficient (Wildman–Crippen LogP) is 1.85. The highest BCUT2D eigenvalue weighted by Crippen LogP contribution is 2.27. The fourth-order valence-electron chi connectivity index (χ4n) is 1.48. The van der Waals surface area contributed by atoms with E-state index in [9.17, 15) is 9.18 Å². The maximum absolute atomic E-state index is 13.1. The van der Waals surface area contributed by atoms with Crippen molar-refractivity contribution >= 4 is 5.91 Å². The molecule has 0 N–H and O–H groups in total. The molecule has 0 saturated carbocycles. The third-order valence-corrected chi connectivity index (χ3v) is 2.74. The fourth-order valence-corrected chi connectivity index (χ4v) is 1.48. The molecule has 0 bridgehead atoms. The zero-order valence-corrected chi connectivity index (χ0v) is 8.80. The van der Waals surface area contributed by atoms with Gasteiger partial charge in [-0.3, -0.25) is 4.79 Å². The van der Waals surface area contributed by atoms with E-state index in [1.807, 2.05) is 20.8 Å². The van der Waals surface area contributed by atoms with E-state index in [0.717, 1.165) is 0 Å². The minimum absolute atomic E-state index is 0.0103. The minimum Gasteiger partial charge on any atom is -0.336 e. The predicted molar refractivity (Wildman–Crippen MR) is 50.1 cm³/mol. The number of rotatable bonds is 2. The molecule has 0 aromatic rings. The quantitative estimate of drug-likeness (QED) is 0.646. The number of amides is 1. The molecule has 1 saturated heterocycles. The summed E-state index contributed by atoms with van der Waals surface area (Å²) in [7, 11) is 0. The van der Waals surface area contributed by atoms with Crippen LogP contribution in [-0.4, -0.2) is 29.6 Å². The summed E-state index contributed by atoms with van der Waals surface area (Å²) in [6.45, 7) is 8.00. The zero-order chi connectivity index (χ0) is 10.2. The van der Waals surface area contributed by atoms with Gasteiger partial charge in [-0.2, -0.15) is 0 Å². The van der Waals surface area contributed by atoms with Gasteiger partial charge in [-0.15, -0.1) is 0 Å². The number of carbonyl (C=O) groups excluding carboxylic acids is 1. The highest BCUT2D eigenvalue weighted by molar-refractivity contribution is 5.79. The van der Waals surface area contributed by atoms with E-state index >= 15 is 0 Å². The molecule has 2 nitrogen and oxygen atoms in total. The summed E-state index contributed by atoms with van der Waals surface area (Å²) in [6.07, 6.45) is 0. The maximum Gasteiger partial charge on any atom is 0.225 e. The molecule has 1 aliphatic rings. The zero-order valence-electron chi connectivity index (χ0n) is 8.80. The van der Waals surface area contributed by atoms with Crippen molar-refractivity contribution in [2.45, 2.75) is 33.4 Å². The molecule has 13 heavy (non-hydrogen) atoms. The van der Waals surface area contributed by atoms with E-state index in [4.69, 9.17) is 0 Å². The number of hydrogen-bond donors (Lipinski definition) is 0. The van der Waals surface area contributed by atoms with Crippen molar-refractivity contribution < 1.29 is 9.18 Å². The second-order valence-corrected chi connectivity index (χ2v) is 4.64. The Labute approximate surface area is 79.1 Å². The van der Waals surface area contributed by atoms with Crippen LogP contribution >= 0.6 is 0 Å². The Kier molecular flexibility index (Phi) is 2.64. The number of nitrogens with zero attached hydrogens (tertiary/aromatic N) is 1. The average molecular weight is 187 g/mol. The van der Waals surface area contributed by atoms with Gasteiger partial charge in [0.2, 0.25) is 5.91 Å².